The van der Waals surface area contributed by atoms with E-state index in [1.165, 1.54) is 49.7 Å². The minimum atomic E-state index is 0.309. The van der Waals surface area contributed by atoms with Crippen molar-refractivity contribution in [1.82, 2.24) is 15.0 Å². The molecular formula is C45H37N5. The van der Waals surface area contributed by atoms with Crippen molar-refractivity contribution in [3.8, 4) is 68.6 Å². The topological polar surface area (TPSA) is 86.2 Å². The van der Waals surface area contributed by atoms with Crippen molar-refractivity contribution in [2.75, 3.05) is 0 Å². The van der Waals surface area contributed by atoms with Gasteiger partial charge in [-0.05, 0) is 101 Å². The molecule has 0 aliphatic heterocycles. The second-order valence-corrected chi connectivity index (χ2v) is 14.0. The minimum absolute atomic E-state index is 0.309. The molecule has 242 valence electrons. The van der Waals surface area contributed by atoms with E-state index in [0.717, 1.165) is 45.2 Å². The molecule has 6 aromatic rings. The van der Waals surface area contributed by atoms with Gasteiger partial charge in [-0.25, -0.2) is 15.0 Å². The van der Waals surface area contributed by atoms with Gasteiger partial charge < -0.3 is 0 Å². The molecule has 50 heavy (non-hydrogen) atoms. The fourth-order valence-electron chi connectivity index (χ4n) is 8.39. The van der Waals surface area contributed by atoms with Crippen LogP contribution in [0.15, 0.2) is 121 Å². The fraction of sp³-hybridized carbons (Fsp3) is 0.222. The third kappa shape index (κ3) is 6.08. The maximum atomic E-state index is 9.59. The highest BCUT2D eigenvalue weighted by Crippen LogP contribution is 2.53. The van der Waals surface area contributed by atoms with Crippen LogP contribution in [-0.2, 0) is 5.41 Å². The number of rotatable bonds is 7. The van der Waals surface area contributed by atoms with Crippen molar-refractivity contribution in [3.63, 3.8) is 0 Å². The van der Waals surface area contributed by atoms with E-state index in [1.807, 2.05) is 66.7 Å². The predicted octanol–water partition coefficient (Wildman–Crippen LogP) is 10.8. The maximum Gasteiger partial charge on any atom is 0.164 e. The van der Waals surface area contributed by atoms with Gasteiger partial charge in [0.05, 0.1) is 23.3 Å². The number of nitrogens with zero attached hydrogens (tertiary/aromatic N) is 5. The van der Waals surface area contributed by atoms with Gasteiger partial charge in [-0.2, -0.15) is 10.5 Å². The fourth-order valence-corrected chi connectivity index (χ4v) is 8.39. The molecule has 2 bridgehead atoms. The Balaban J connectivity index is 1.15. The summed E-state index contributed by atoms with van der Waals surface area (Å²) < 4.78 is 0. The van der Waals surface area contributed by atoms with Crippen molar-refractivity contribution in [1.29, 1.82) is 10.5 Å². The van der Waals surface area contributed by atoms with E-state index in [2.05, 4.69) is 61.5 Å². The lowest BCUT2D eigenvalue weighted by Gasteiger charge is -2.41. The second kappa shape index (κ2) is 13.2. The van der Waals surface area contributed by atoms with Crippen LogP contribution >= 0.6 is 0 Å². The van der Waals surface area contributed by atoms with E-state index >= 15 is 0 Å². The summed E-state index contributed by atoms with van der Waals surface area (Å²) in [5.74, 6) is 3.41. The summed E-state index contributed by atoms with van der Waals surface area (Å²) in [7, 11) is 0. The Labute approximate surface area is 294 Å². The molecule has 0 N–H and O–H groups in total. The highest BCUT2D eigenvalue weighted by atomic mass is 15.0. The summed E-state index contributed by atoms with van der Waals surface area (Å²) >= 11 is 0. The molecule has 8 rings (SSSR count). The number of fused-ring (bicyclic) bond motifs is 2. The largest absolute Gasteiger partial charge is 0.208 e. The zero-order valence-electron chi connectivity index (χ0n) is 28.2. The van der Waals surface area contributed by atoms with Crippen molar-refractivity contribution in [3.05, 3.63) is 138 Å². The van der Waals surface area contributed by atoms with Crippen LogP contribution in [0.2, 0.25) is 0 Å². The first-order valence-corrected chi connectivity index (χ1v) is 17.6. The predicted molar refractivity (Wildman–Crippen MR) is 198 cm³/mol. The first-order valence-electron chi connectivity index (χ1n) is 17.6. The molecule has 2 saturated carbocycles. The zero-order chi connectivity index (χ0) is 34.1. The molecule has 5 heteroatoms. The molecule has 3 atom stereocenters. The van der Waals surface area contributed by atoms with Crippen LogP contribution in [0.3, 0.4) is 0 Å². The van der Waals surface area contributed by atoms with E-state index in [-0.39, 0.29) is 0 Å². The average molecular weight is 648 g/mol. The molecule has 5 aromatic carbocycles. The molecule has 0 radical (unpaired) electrons. The number of hydrogen-bond donors (Lipinski definition) is 0. The molecule has 0 amide bonds. The van der Waals surface area contributed by atoms with Crippen molar-refractivity contribution in [2.24, 2.45) is 11.8 Å². The quantitative estimate of drug-likeness (QED) is 0.172. The van der Waals surface area contributed by atoms with Crippen LogP contribution in [0.4, 0.5) is 0 Å². The Hall–Kier alpha value is -5.91. The molecule has 1 unspecified atom stereocenters. The summed E-state index contributed by atoms with van der Waals surface area (Å²) in [6.45, 7) is 2.37. The van der Waals surface area contributed by atoms with Crippen molar-refractivity contribution >= 4 is 0 Å². The first kappa shape index (κ1) is 31.4. The summed E-state index contributed by atoms with van der Waals surface area (Å²) in [5, 5.41) is 19.0. The molecular weight excluding hydrogens is 611 g/mol. The highest BCUT2D eigenvalue weighted by Gasteiger charge is 2.43. The molecule has 1 aromatic heterocycles. The summed E-state index contributed by atoms with van der Waals surface area (Å²) in [6.07, 6.45) is 8.10. The van der Waals surface area contributed by atoms with Crippen LogP contribution in [0.5, 0.6) is 0 Å². The molecule has 5 nitrogen and oxygen atoms in total. The van der Waals surface area contributed by atoms with E-state index < -0.39 is 0 Å². The molecule has 1 heterocycles. The Morgan fingerprint density at radius 3 is 1.54 bits per heavy atom. The lowest BCUT2D eigenvalue weighted by molar-refractivity contribution is 0.207. The normalized spacial score (nSPS) is 19.4. The summed E-state index contributed by atoms with van der Waals surface area (Å²) in [5.41, 5.74) is 9.73. The first-order chi connectivity index (χ1) is 24.5. The van der Waals surface area contributed by atoms with Gasteiger partial charge in [0.2, 0.25) is 0 Å². The Kier molecular flexibility index (Phi) is 8.27. The van der Waals surface area contributed by atoms with Crippen LogP contribution in [0.25, 0.3) is 56.4 Å². The standard InChI is InChI=1S/C45H37N5/c1-2-45(26-30-12-13-31(22-30)27-45)41-20-18-35(19-21-41)38-9-5-11-40(25-38)44-49-42(48-43(50-44)39-10-4-7-33(24-39)29-47)36-16-14-34(15-17-36)37-8-3-6-32(23-37)28-46/h3-11,14-21,23-25,30-31H,2,12-13,22,26-27H2,1H3/t30-,31+,45?. The lowest BCUT2D eigenvalue weighted by atomic mass is 9.64. The molecule has 2 aliphatic rings. The average Bonchev–Trinajstić information content (AvgIpc) is 3.55. The SMILES string of the molecule is CCC1(c2ccc(-c3cccc(-c4nc(-c5ccc(-c6cccc(C#N)c6)cc5)nc(-c5cccc(C#N)c5)n4)c3)cc2)C[C@@H]2CC[C@@H](C2)C1. The highest BCUT2D eigenvalue weighted by molar-refractivity contribution is 5.74. The number of hydrogen-bond acceptors (Lipinski definition) is 5. The maximum absolute atomic E-state index is 9.59. The van der Waals surface area contributed by atoms with Crippen molar-refractivity contribution < 1.29 is 0 Å². The third-order valence-electron chi connectivity index (χ3n) is 11.0. The van der Waals surface area contributed by atoms with E-state index in [4.69, 9.17) is 15.0 Å². The van der Waals surface area contributed by atoms with Crippen LogP contribution in [0, 0.1) is 34.5 Å². The summed E-state index contributed by atoms with van der Waals surface area (Å²) in [6, 6.07) is 45.2. The Bertz CT molecular complexity index is 2260. The van der Waals surface area contributed by atoms with Gasteiger partial charge in [-0.15, -0.1) is 0 Å². The Morgan fingerprint density at radius 2 is 0.980 bits per heavy atom. The minimum Gasteiger partial charge on any atom is -0.208 e. The molecule has 0 saturated heterocycles. The van der Waals surface area contributed by atoms with Gasteiger partial charge >= 0.3 is 0 Å². The van der Waals surface area contributed by atoms with Crippen LogP contribution in [0.1, 0.15) is 62.1 Å². The van der Waals surface area contributed by atoms with E-state index in [9.17, 15) is 10.5 Å². The number of nitriles is 2. The van der Waals surface area contributed by atoms with Gasteiger partial charge in [0, 0.05) is 16.7 Å². The van der Waals surface area contributed by atoms with E-state index in [0.29, 0.717) is 34.0 Å². The van der Waals surface area contributed by atoms with Gasteiger partial charge in [0.25, 0.3) is 0 Å². The smallest absolute Gasteiger partial charge is 0.164 e. The monoisotopic (exact) mass is 647 g/mol. The number of benzene rings is 5. The van der Waals surface area contributed by atoms with E-state index in [1.54, 1.807) is 12.1 Å². The molecule has 0 spiro atoms. The zero-order valence-corrected chi connectivity index (χ0v) is 28.2. The van der Waals surface area contributed by atoms with Gasteiger partial charge in [0.1, 0.15) is 0 Å². The van der Waals surface area contributed by atoms with Crippen LogP contribution in [-0.4, -0.2) is 15.0 Å². The van der Waals surface area contributed by atoms with Crippen LogP contribution < -0.4 is 0 Å². The summed E-state index contributed by atoms with van der Waals surface area (Å²) in [4.78, 5) is 14.8. The van der Waals surface area contributed by atoms with Gasteiger partial charge in [-0.3, -0.25) is 0 Å². The van der Waals surface area contributed by atoms with Gasteiger partial charge in [-0.1, -0.05) is 111 Å². The molecule has 2 aliphatic carbocycles. The lowest BCUT2D eigenvalue weighted by Crippen LogP contribution is -2.33. The number of aromatic nitrogens is 3. The van der Waals surface area contributed by atoms with Gasteiger partial charge in [0.15, 0.2) is 17.5 Å². The van der Waals surface area contributed by atoms with Crippen molar-refractivity contribution in [2.45, 2.75) is 50.9 Å². The second-order valence-electron chi connectivity index (χ2n) is 14.0. The third-order valence-corrected chi connectivity index (χ3v) is 11.0. The Morgan fingerprint density at radius 1 is 0.540 bits per heavy atom. The molecule has 2 fully saturated rings.